The molecule has 31 heavy (non-hydrogen) atoms. The molecule has 2 bridgehead atoms. The third-order valence-electron chi connectivity index (χ3n) is 6.27. The van der Waals surface area contributed by atoms with E-state index in [2.05, 4.69) is 32.5 Å². The van der Waals surface area contributed by atoms with Crippen LogP contribution >= 0.6 is 0 Å². The van der Waals surface area contributed by atoms with Gasteiger partial charge in [-0.05, 0) is 30.7 Å². The number of hydrogen-bond acceptors (Lipinski definition) is 4. The van der Waals surface area contributed by atoms with Gasteiger partial charge in [0.2, 0.25) is 11.8 Å². The molecule has 2 N–H and O–H groups in total. The highest BCUT2D eigenvalue weighted by molar-refractivity contribution is 6.06. The number of allylic oxidation sites excluding steroid dienone is 2. The van der Waals surface area contributed by atoms with Crippen LogP contribution in [0.25, 0.3) is 0 Å². The first-order chi connectivity index (χ1) is 15.0. The van der Waals surface area contributed by atoms with Crippen LogP contribution in [-0.2, 0) is 16.1 Å². The Morgan fingerprint density at radius 2 is 1.84 bits per heavy atom. The number of para-hydroxylation sites is 1. The van der Waals surface area contributed by atoms with Crippen LogP contribution in [-0.4, -0.2) is 49.4 Å². The number of nitrogens with zero attached hydrogens (tertiary/aromatic N) is 2. The van der Waals surface area contributed by atoms with Gasteiger partial charge in [-0.2, -0.15) is 8.78 Å². The molecule has 1 aromatic carbocycles. The molecule has 1 saturated heterocycles. The summed E-state index contributed by atoms with van der Waals surface area (Å²) in [6.07, 6.45) is 5.69. The number of rotatable bonds is 8. The third kappa shape index (κ3) is 4.26. The normalized spacial score (nSPS) is 26.7. The Balaban J connectivity index is 1.23. The van der Waals surface area contributed by atoms with Gasteiger partial charge >= 0.3 is 6.61 Å². The first-order valence-electron chi connectivity index (χ1n) is 10.5. The lowest BCUT2D eigenvalue weighted by molar-refractivity contribution is -0.140. The fourth-order valence-electron chi connectivity index (χ4n) is 4.89. The summed E-state index contributed by atoms with van der Waals surface area (Å²) in [5.41, 5.74) is 0.578. The number of guanidine groups is 1. The number of nitrogens with one attached hydrogen (secondary N) is 2. The molecule has 0 spiro atoms. The van der Waals surface area contributed by atoms with E-state index in [1.54, 1.807) is 25.2 Å². The smallest absolute Gasteiger partial charge is 0.387 e. The first kappa shape index (κ1) is 21.3. The van der Waals surface area contributed by atoms with Crippen LogP contribution < -0.4 is 15.4 Å². The predicted octanol–water partition coefficient (Wildman–Crippen LogP) is 2.15. The van der Waals surface area contributed by atoms with Crippen LogP contribution in [0.1, 0.15) is 18.4 Å². The van der Waals surface area contributed by atoms with Crippen molar-refractivity contribution in [1.29, 1.82) is 0 Å². The Morgan fingerprint density at radius 3 is 2.48 bits per heavy atom. The van der Waals surface area contributed by atoms with Crippen LogP contribution in [0.15, 0.2) is 41.4 Å². The number of amides is 2. The van der Waals surface area contributed by atoms with Gasteiger partial charge in [0.05, 0.1) is 11.8 Å². The molecule has 1 heterocycles. The number of hydrogen-bond donors (Lipinski definition) is 2. The summed E-state index contributed by atoms with van der Waals surface area (Å²) < 4.78 is 29.6. The number of likely N-dealkylation sites (tertiary alicyclic amines) is 1. The van der Waals surface area contributed by atoms with Crippen LogP contribution in [0, 0.1) is 23.7 Å². The standard InChI is InChI=1S/C22H26F2N4O3/c1-25-22(27-12-15-5-2-3-6-16(15)31-21(23)24)26-9-4-10-28-19(29)17-13-7-8-14(11-13)18(17)20(28)30/h2-3,5-8,13-14,17-18,21H,4,9-12H2,1H3,(H2,25,26,27). The van der Waals surface area contributed by atoms with Gasteiger partial charge in [0.1, 0.15) is 5.75 Å². The van der Waals surface area contributed by atoms with Gasteiger partial charge in [0, 0.05) is 32.2 Å². The fraction of sp³-hybridized carbons (Fsp3) is 0.500. The van der Waals surface area contributed by atoms with Gasteiger partial charge in [-0.15, -0.1) is 0 Å². The number of carbonyl (C=O) groups excluding carboxylic acids is 2. The van der Waals surface area contributed by atoms with Crippen molar-refractivity contribution in [2.45, 2.75) is 26.0 Å². The number of aliphatic imine (C=N–C) groups is 1. The molecule has 2 fully saturated rings. The van der Waals surface area contributed by atoms with E-state index in [0.29, 0.717) is 31.0 Å². The highest BCUT2D eigenvalue weighted by Crippen LogP contribution is 2.52. The second kappa shape index (κ2) is 9.03. The van der Waals surface area contributed by atoms with Crippen LogP contribution in [0.4, 0.5) is 8.78 Å². The Morgan fingerprint density at radius 1 is 1.16 bits per heavy atom. The molecule has 9 heteroatoms. The number of alkyl halides is 2. The molecule has 4 rings (SSSR count). The Kier molecular flexibility index (Phi) is 6.20. The summed E-state index contributed by atoms with van der Waals surface area (Å²) >= 11 is 0. The second-order valence-electron chi connectivity index (χ2n) is 8.02. The maximum absolute atomic E-state index is 12.7. The quantitative estimate of drug-likeness (QED) is 0.216. The molecule has 0 radical (unpaired) electrons. The molecule has 4 atom stereocenters. The van der Waals surface area contributed by atoms with Crippen LogP contribution in [0.3, 0.4) is 0 Å². The molecule has 2 amide bonds. The van der Waals surface area contributed by atoms with Crippen molar-refractivity contribution in [3.8, 4) is 5.75 Å². The highest BCUT2D eigenvalue weighted by atomic mass is 19.3. The van der Waals surface area contributed by atoms with Crippen molar-refractivity contribution < 1.29 is 23.1 Å². The van der Waals surface area contributed by atoms with Crippen molar-refractivity contribution in [1.82, 2.24) is 15.5 Å². The number of benzene rings is 1. The second-order valence-corrected chi connectivity index (χ2v) is 8.02. The van der Waals surface area contributed by atoms with Crippen LogP contribution in [0.5, 0.6) is 5.75 Å². The monoisotopic (exact) mass is 432 g/mol. The zero-order chi connectivity index (χ0) is 22.0. The van der Waals surface area contributed by atoms with E-state index in [1.807, 2.05) is 0 Å². The molecule has 1 aromatic rings. The van der Waals surface area contributed by atoms with Crippen molar-refractivity contribution >= 4 is 17.8 Å². The lowest BCUT2D eigenvalue weighted by atomic mass is 9.85. The number of carbonyl (C=O) groups is 2. The maximum Gasteiger partial charge on any atom is 0.387 e. The highest BCUT2D eigenvalue weighted by Gasteiger charge is 2.58. The van der Waals surface area contributed by atoms with E-state index in [4.69, 9.17) is 0 Å². The fourth-order valence-corrected chi connectivity index (χ4v) is 4.89. The molecular weight excluding hydrogens is 406 g/mol. The lowest BCUT2D eigenvalue weighted by Crippen LogP contribution is -2.39. The predicted molar refractivity (Wildman–Crippen MR) is 110 cm³/mol. The van der Waals surface area contributed by atoms with Crippen molar-refractivity contribution in [2.24, 2.45) is 28.7 Å². The topological polar surface area (TPSA) is 83.0 Å². The largest absolute Gasteiger partial charge is 0.434 e. The van der Waals surface area contributed by atoms with Gasteiger partial charge in [-0.1, -0.05) is 30.4 Å². The van der Waals surface area contributed by atoms with E-state index >= 15 is 0 Å². The molecule has 2 aliphatic carbocycles. The summed E-state index contributed by atoms with van der Waals surface area (Å²) in [4.78, 5) is 30.9. The third-order valence-corrected chi connectivity index (χ3v) is 6.27. The van der Waals surface area contributed by atoms with Gasteiger partial charge in [-0.3, -0.25) is 19.5 Å². The van der Waals surface area contributed by atoms with Gasteiger partial charge in [-0.25, -0.2) is 0 Å². The van der Waals surface area contributed by atoms with Gasteiger partial charge in [0.25, 0.3) is 0 Å². The summed E-state index contributed by atoms with van der Waals surface area (Å²) in [5.74, 6) is 0.630. The molecule has 166 valence electrons. The summed E-state index contributed by atoms with van der Waals surface area (Å²) in [7, 11) is 1.61. The zero-order valence-corrected chi connectivity index (χ0v) is 17.3. The summed E-state index contributed by atoms with van der Waals surface area (Å²) in [6, 6.07) is 6.56. The maximum atomic E-state index is 12.7. The molecule has 7 nitrogen and oxygen atoms in total. The SMILES string of the molecule is CN=C(NCCCN1C(=O)C2C3C=CC(C3)C2C1=O)NCc1ccccc1OC(F)F. The molecule has 0 aromatic heterocycles. The number of halogens is 2. The Hall–Kier alpha value is -2.97. The lowest BCUT2D eigenvalue weighted by Gasteiger charge is -2.18. The number of ether oxygens (including phenoxy) is 1. The van der Waals surface area contributed by atoms with Gasteiger partial charge < -0.3 is 15.4 Å². The summed E-state index contributed by atoms with van der Waals surface area (Å²) in [5, 5.41) is 6.18. The van der Waals surface area contributed by atoms with Crippen molar-refractivity contribution in [3.63, 3.8) is 0 Å². The number of fused-ring (bicyclic) bond motifs is 5. The van der Waals surface area contributed by atoms with E-state index in [9.17, 15) is 18.4 Å². The average Bonchev–Trinajstić information content (AvgIpc) is 3.43. The van der Waals surface area contributed by atoms with Crippen LogP contribution in [0.2, 0.25) is 0 Å². The minimum atomic E-state index is -2.89. The van der Waals surface area contributed by atoms with Gasteiger partial charge in [0.15, 0.2) is 5.96 Å². The van der Waals surface area contributed by atoms with E-state index in [-0.39, 0.29) is 47.8 Å². The molecular formula is C22H26F2N4O3. The van der Waals surface area contributed by atoms with E-state index < -0.39 is 6.61 Å². The first-order valence-corrected chi connectivity index (χ1v) is 10.5. The minimum absolute atomic E-state index is 0.0370. The molecule has 1 aliphatic heterocycles. The minimum Gasteiger partial charge on any atom is -0.434 e. The Labute approximate surface area is 179 Å². The summed E-state index contributed by atoms with van der Waals surface area (Å²) in [6.45, 7) is -1.75. The molecule has 4 unspecified atom stereocenters. The molecule has 3 aliphatic rings. The van der Waals surface area contributed by atoms with Crippen molar-refractivity contribution in [2.75, 3.05) is 20.1 Å². The zero-order valence-electron chi connectivity index (χ0n) is 17.3. The van der Waals surface area contributed by atoms with E-state index in [0.717, 1.165) is 6.42 Å². The number of imide groups is 1. The van der Waals surface area contributed by atoms with E-state index in [1.165, 1.54) is 11.0 Å². The van der Waals surface area contributed by atoms with Crippen molar-refractivity contribution in [3.05, 3.63) is 42.0 Å². The molecule has 1 saturated carbocycles. The Bertz CT molecular complexity index is 874. The average molecular weight is 432 g/mol.